The van der Waals surface area contributed by atoms with E-state index in [1.165, 1.54) is 25.5 Å². The molecule has 0 saturated heterocycles. The Morgan fingerprint density at radius 1 is 1.18 bits per heavy atom. The monoisotopic (exact) mass is 581 g/mol. The highest BCUT2D eigenvalue weighted by Gasteiger charge is 2.31. The van der Waals surface area contributed by atoms with Gasteiger partial charge in [0, 0.05) is 31.4 Å². The molecule has 0 atom stereocenters. The first-order chi connectivity index (χ1) is 18.7. The van der Waals surface area contributed by atoms with E-state index in [0.717, 1.165) is 16.6 Å². The third-order valence-corrected chi connectivity index (χ3v) is 7.11. The van der Waals surface area contributed by atoms with Crippen LogP contribution < -0.4 is 9.62 Å². The molecule has 11 nitrogen and oxygen atoms in total. The Morgan fingerprint density at radius 3 is 2.52 bits per heavy atom. The number of rotatable bonds is 9. The van der Waals surface area contributed by atoms with Crippen molar-refractivity contribution in [3.8, 4) is 17.0 Å². The number of nitrogens with zero attached hydrogens (tertiary/aromatic N) is 5. The number of carbonyl (C=O) groups excluding carboxylic acids is 1. The first kappa shape index (κ1) is 28.7. The van der Waals surface area contributed by atoms with Crippen LogP contribution in [0.15, 0.2) is 30.6 Å². The lowest BCUT2D eigenvalue weighted by molar-refractivity contribution is -0.127. The minimum absolute atomic E-state index is 0.00928. The smallest absolute Gasteiger partial charge is 0.393 e. The molecule has 3 heterocycles. The number of sulfonamides is 1. The van der Waals surface area contributed by atoms with Gasteiger partial charge >= 0.3 is 6.18 Å². The fourth-order valence-electron chi connectivity index (χ4n) is 3.96. The predicted molar refractivity (Wildman–Crippen MR) is 138 cm³/mol. The summed E-state index contributed by atoms with van der Waals surface area (Å²) in [6.07, 6.45) is -2.44. The van der Waals surface area contributed by atoms with Crippen LogP contribution in [0, 0.1) is 5.82 Å². The molecule has 0 spiro atoms. The van der Waals surface area contributed by atoms with Crippen LogP contribution in [0.5, 0.6) is 5.75 Å². The summed E-state index contributed by atoms with van der Waals surface area (Å²) in [7, 11) is -2.41. The molecule has 4 rings (SSSR count). The number of Topliss-reactive ketones (excluding diaryl/α,β-unsaturated/α-hetero) is 1. The summed E-state index contributed by atoms with van der Waals surface area (Å²) < 4.78 is 79.3. The van der Waals surface area contributed by atoms with Gasteiger partial charge in [0.25, 0.3) is 0 Å². The Hall–Kier alpha value is -4.34. The molecule has 3 aromatic heterocycles. The number of hydrogen-bond donors (Lipinski definition) is 3. The fourth-order valence-corrected chi connectivity index (χ4v) is 4.42. The highest BCUT2D eigenvalue weighted by atomic mass is 32.2. The van der Waals surface area contributed by atoms with E-state index >= 15 is 0 Å². The zero-order valence-corrected chi connectivity index (χ0v) is 22.2. The molecule has 40 heavy (non-hydrogen) atoms. The summed E-state index contributed by atoms with van der Waals surface area (Å²) in [6, 6.07) is 2.74. The third kappa shape index (κ3) is 5.95. The minimum atomic E-state index is -4.67. The number of aromatic nitrogens is 5. The molecule has 0 aliphatic heterocycles. The lowest BCUT2D eigenvalue weighted by atomic mass is 9.99. The van der Waals surface area contributed by atoms with Gasteiger partial charge in [0.1, 0.15) is 17.2 Å². The van der Waals surface area contributed by atoms with Crippen LogP contribution in [0.3, 0.4) is 0 Å². The first-order valence-electron chi connectivity index (χ1n) is 11.7. The number of anilines is 2. The molecule has 0 unspecified atom stereocenters. The van der Waals surface area contributed by atoms with Crippen LogP contribution in [-0.2, 0) is 23.0 Å². The lowest BCUT2D eigenvalue weighted by Crippen LogP contribution is -2.27. The number of ketones is 1. The largest absolute Gasteiger partial charge is 0.505 e. The first-order valence-corrected chi connectivity index (χ1v) is 13.5. The molecule has 212 valence electrons. The fraction of sp³-hybridized carbons (Fsp3) is 0.292. The van der Waals surface area contributed by atoms with Gasteiger partial charge in [-0.25, -0.2) is 22.8 Å². The normalized spacial score (nSPS) is 12.1. The Morgan fingerprint density at radius 2 is 1.88 bits per heavy atom. The van der Waals surface area contributed by atoms with Gasteiger partial charge < -0.3 is 10.4 Å². The van der Waals surface area contributed by atoms with Gasteiger partial charge in [-0.3, -0.25) is 19.2 Å². The number of aromatic hydroxyl groups is 1. The van der Waals surface area contributed by atoms with Gasteiger partial charge in [-0.1, -0.05) is 6.92 Å². The molecule has 0 amide bonds. The average Bonchev–Trinajstić information content (AvgIpc) is 3.31. The molecule has 3 N–H and O–H groups in total. The molecule has 0 bridgehead atoms. The number of fused-ring (bicyclic) bond motifs is 1. The number of alkyl halides is 3. The number of H-pyrrole nitrogens is 1. The van der Waals surface area contributed by atoms with Crippen LogP contribution in [0.2, 0.25) is 0 Å². The van der Waals surface area contributed by atoms with Crippen molar-refractivity contribution in [2.24, 2.45) is 0 Å². The number of phenolic OH excluding ortho intramolecular Hbond substituents is 1. The van der Waals surface area contributed by atoms with Gasteiger partial charge in [-0.15, -0.1) is 0 Å². The summed E-state index contributed by atoms with van der Waals surface area (Å²) >= 11 is 0. The third-order valence-electron chi connectivity index (χ3n) is 5.94. The van der Waals surface area contributed by atoms with Gasteiger partial charge in [0.15, 0.2) is 23.2 Å². The van der Waals surface area contributed by atoms with Crippen molar-refractivity contribution in [1.29, 1.82) is 0 Å². The molecule has 4 aromatic rings. The highest BCUT2D eigenvalue weighted by molar-refractivity contribution is 7.92. The molecule has 0 aliphatic carbocycles. The van der Waals surface area contributed by atoms with Crippen LogP contribution in [-0.4, -0.2) is 63.9 Å². The number of benzene rings is 1. The lowest BCUT2D eigenvalue weighted by Gasteiger charge is -2.18. The van der Waals surface area contributed by atoms with Crippen LogP contribution in [0.25, 0.3) is 22.2 Å². The van der Waals surface area contributed by atoms with Crippen LogP contribution >= 0.6 is 0 Å². The van der Waals surface area contributed by atoms with Crippen molar-refractivity contribution in [2.45, 2.75) is 32.5 Å². The highest BCUT2D eigenvalue weighted by Crippen LogP contribution is 2.36. The maximum atomic E-state index is 14.3. The van der Waals surface area contributed by atoms with Crippen LogP contribution in [0.4, 0.5) is 29.2 Å². The van der Waals surface area contributed by atoms with Gasteiger partial charge in [-0.2, -0.15) is 18.3 Å². The Labute approximate surface area is 225 Å². The van der Waals surface area contributed by atoms with Crippen LogP contribution in [0.1, 0.15) is 35.1 Å². The minimum Gasteiger partial charge on any atom is -0.505 e. The number of phenols is 1. The van der Waals surface area contributed by atoms with E-state index in [1.54, 1.807) is 6.92 Å². The summed E-state index contributed by atoms with van der Waals surface area (Å²) in [5.74, 6) is -2.46. The number of nitrogens with one attached hydrogen (secondary N) is 2. The molecular weight excluding hydrogens is 558 g/mol. The zero-order chi connectivity index (χ0) is 29.4. The second-order valence-corrected chi connectivity index (χ2v) is 10.8. The topological polar surface area (TPSA) is 154 Å². The van der Waals surface area contributed by atoms with Crippen molar-refractivity contribution in [1.82, 2.24) is 25.1 Å². The maximum absolute atomic E-state index is 14.3. The summed E-state index contributed by atoms with van der Waals surface area (Å²) in [5, 5.41) is 19.6. The summed E-state index contributed by atoms with van der Waals surface area (Å²) in [6.45, 7) is 1.45. The van der Waals surface area contributed by atoms with Gasteiger partial charge in [0.05, 0.1) is 35.8 Å². The quantitative estimate of drug-likeness (QED) is 0.197. The molecule has 0 aliphatic rings. The SMILES string of the molecule is CCC(=O)c1n[nH]c2cc(-c3cc(F)c(O)cc3CC(F)(F)F)nc(NCc3nccnc3N(C)S(C)(=O)=O)c12. The van der Waals surface area contributed by atoms with E-state index < -0.39 is 39.8 Å². The van der Waals surface area contributed by atoms with E-state index in [4.69, 9.17) is 0 Å². The number of halogens is 4. The number of carbonyl (C=O) groups is 1. The van der Waals surface area contributed by atoms with Crippen molar-refractivity contribution < 1.29 is 35.9 Å². The predicted octanol–water partition coefficient (Wildman–Crippen LogP) is 3.97. The van der Waals surface area contributed by atoms with Crippen molar-refractivity contribution in [2.75, 3.05) is 22.9 Å². The van der Waals surface area contributed by atoms with E-state index in [-0.39, 0.29) is 63.9 Å². The summed E-state index contributed by atoms with van der Waals surface area (Å²) in [4.78, 5) is 25.2. The van der Waals surface area contributed by atoms with Gasteiger partial charge in [0.2, 0.25) is 10.0 Å². The maximum Gasteiger partial charge on any atom is 0.393 e. The molecular formula is C24H23F4N7O4S. The number of pyridine rings is 1. The van der Waals surface area contributed by atoms with E-state index in [2.05, 4.69) is 30.5 Å². The summed E-state index contributed by atoms with van der Waals surface area (Å²) in [5.41, 5.74) is -0.384. The Balaban J connectivity index is 1.87. The molecule has 1 aromatic carbocycles. The van der Waals surface area contributed by atoms with E-state index in [0.29, 0.717) is 6.07 Å². The number of aromatic amines is 1. The Bertz CT molecular complexity index is 1710. The molecule has 16 heteroatoms. The standard InChI is InChI=1S/C24H23F4N7O4S/c1-4-18(36)21-20-16(33-34-21)9-15(13-8-14(25)19(37)7-12(13)10-24(26,27)28)32-22(20)31-11-17-23(30-6-5-29-17)35(2)40(3,38)39/h5-9,37H,4,10-11H2,1-3H3,(H,31,32)(H,33,34). The second-order valence-electron chi connectivity index (χ2n) is 8.79. The molecule has 0 fully saturated rings. The zero-order valence-electron chi connectivity index (χ0n) is 21.3. The van der Waals surface area contributed by atoms with Crippen molar-refractivity contribution >= 4 is 38.3 Å². The molecule has 0 radical (unpaired) electrons. The van der Waals surface area contributed by atoms with Gasteiger partial charge in [-0.05, 0) is 23.8 Å². The number of hydrogen-bond acceptors (Lipinski definition) is 9. The van der Waals surface area contributed by atoms with Crippen molar-refractivity contribution in [3.63, 3.8) is 0 Å². The Kier molecular flexibility index (Phi) is 7.65. The average molecular weight is 582 g/mol. The molecule has 0 saturated carbocycles. The second kappa shape index (κ2) is 10.7. The van der Waals surface area contributed by atoms with Crippen molar-refractivity contribution in [3.05, 3.63) is 53.4 Å². The van der Waals surface area contributed by atoms with E-state index in [9.17, 15) is 35.9 Å². The van der Waals surface area contributed by atoms with E-state index in [1.807, 2.05) is 0 Å².